The molecule has 44 heavy (non-hydrogen) atoms. The van der Waals surface area contributed by atoms with Gasteiger partial charge in [0.25, 0.3) is 0 Å². The fourth-order valence-electron chi connectivity index (χ4n) is 5.51. The molecule has 2 aliphatic heterocycles. The molecule has 2 aromatic rings. The number of rotatable bonds is 14. The number of carbonyl (C=O) groups excluding carboxylic acids is 5. The number of amides is 4. The summed E-state index contributed by atoms with van der Waals surface area (Å²) in [6.07, 6.45) is 1.50. The molecule has 1 unspecified atom stereocenters. The molecule has 2 saturated heterocycles. The van der Waals surface area contributed by atoms with E-state index in [4.69, 9.17) is 4.74 Å². The lowest BCUT2D eigenvalue weighted by atomic mass is 9.92. The molecule has 11 nitrogen and oxygen atoms in total. The third-order valence-electron chi connectivity index (χ3n) is 8.04. The van der Waals surface area contributed by atoms with Gasteiger partial charge in [-0.2, -0.15) is 0 Å². The maximum absolute atomic E-state index is 13.8. The van der Waals surface area contributed by atoms with Crippen LogP contribution in [0, 0.1) is 5.92 Å². The number of epoxide rings is 1. The summed E-state index contributed by atoms with van der Waals surface area (Å²) in [4.78, 5) is 66.1. The molecule has 2 fully saturated rings. The summed E-state index contributed by atoms with van der Waals surface area (Å²) in [5.74, 6) is -2.10. The topological polar surface area (TPSA) is 157 Å². The standard InChI is InChI=1S/C33H42N4O7/c1-21(2)16-26(30(41)33(19-38)20-44-33)35-31(42)27(17-23-11-13-25(14-12-23)24-8-5-4-6-9-24)36-32(43)28-10-7-15-37(28)29(40)18-34-22(3)39/h4-6,8-9,11-14,21,26-28,38H,7,10,15-20H2,1-3H3,(H,34,39)(H,35,42)(H,36,43)/t26?,27-,28-,33+/m0/s1. The maximum atomic E-state index is 13.8. The van der Waals surface area contributed by atoms with E-state index < -0.39 is 47.9 Å². The third-order valence-corrected chi connectivity index (χ3v) is 8.04. The van der Waals surface area contributed by atoms with Crippen LogP contribution in [-0.2, 0) is 35.1 Å². The highest BCUT2D eigenvalue weighted by Gasteiger charge is 2.54. The normalized spacial score (nSPS) is 20.5. The number of nitrogens with one attached hydrogen (secondary N) is 3. The molecule has 4 atom stereocenters. The van der Waals surface area contributed by atoms with Crippen molar-refractivity contribution >= 4 is 29.4 Å². The summed E-state index contributed by atoms with van der Waals surface area (Å²) in [7, 11) is 0. The van der Waals surface area contributed by atoms with Crippen molar-refractivity contribution in [1.82, 2.24) is 20.9 Å². The van der Waals surface area contributed by atoms with Crippen LogP contribution in [0.4, 0.5) is 0 Å². The maximum Gasteiger partial charge on any atom is 0.243 e. The van der Waals surface area contributed by atoms with Gasteiger partial charge < -0.3 is 30.7 Å². The highest BCUT2D eigenvalue weighted by Crippen LogP contribution is 2.30. The van der Waals surface area contributed by atoms with E-state index in [0.717, 1.165) is 16.7 Å². The van der Waals surface area contributed by atoms with Gasteiger partial charge in [0.1, 0.15) is 12.1 Å². The molecule has 0 radical (unpaired) electrons. The minimum absolute atomic E-state index is 0.0546. The zero-order valence-corrected chi connectivity index (χ0v) is 25.5. The molecular formula is C33H42N4O7. The predicted octanol–water partition coefficient (Wildman–Crippen LogP) is 1.37. The number of likely N-dealkylation sites (tertiary alicyclic amines) is 1. The van der Waals surface area contributed by atoms with E-state index in [-0.39, 0.29) is 37.3 Å². The largest absolute Gasteiger partial charge is 0.393 e. The van der Waals surface area contributed by atoms with Crippen LogP contribution < -0.4 is 16.0 Å². The Balaban J connectivity index is 1.54. The number of Topliss-reactive ketones (excluding diaryl/α,β-unsaturated/α-hetero) is 1. The smallest absolute Gasteiger partial charge is 0.243 e. The molecular weight excluding hydrogens is 564 g/mol. The number of ketones is 1. The number of aliphatic hydroxyl groups excluding tert-OH is 1. The minimum Gasteiger partial charge on any atom is -0.393 e. The minimum atomic E-state index is -1.31. The Bertz CT molecular complexity index is 1340. The first-order valence-electron chi connectivity index (χ1n) is 15.1. The highest BCUT2D eigenvalue weighted by molar-refractivity contribution is 5.99. The van der Waals surface area contributed by atoms with E-state index in [1.165, 1.54) is 11.8 Å². The van der Waals surface area contributed by atoms with E-state index >= 15 is 0 Å². The van der Waals surface area contributed by atoms with Crippen LogP contribution in [0.1, 0.15) is 45.6 Å². The molecule has 11 heteroatoms. The van der Waals surface area contributed by atoms with Gasteiger partial charge in [-0.05, 0) is 41.9 Å². The van der Waals surface area contributed by atoms with Gasteiger partial charge in [0, 0.05) is 19.9 Å². The Hall–Kier alpha value is -4.09. The van der Waals surface area contributed by atoms with Crippen LogP contribution in [0.15, 0.2) is 54.6 Å². The highest BCUT2D eigenvalue weighted by atomic mass is 16.6. The van der Waals surface area contributed by atoms with Gasteiger partial charge in [0.05, 0.1) is 25.8 Å². The van der Waals surface area contributed by atoms with E-state index in [2.05, 4.69) is 16.0 Å². The molecule has 0 bridgehead atoms. The van der Waals surface area contributed by atoms with Gasteiger partial charge in [-0.3, -0.25) is 24.0 Å². The number of aliphatic hydroxyl groups is 1. The van der Waals surface area contributed by atoms with Gasteiger partial charge in [-0.25, -0.2) is 0 Å². The lowest BCUT2D eigenvalue weighted by Crippen LogP contribution is -2.57. The summed E-state index contributed by atoms with van der Waals surface area (Å²) < 4.78 is 5.27. The van der Waals surface area contributed by atoms with E-state index in [0.29, 0.717) is 25.8 Å². The first kappa shape index (κ1) is 32.8. The number of hydrogen-bond acceptors (Lipinski definition) is 7. The molecule has 2 aromatic carbocycles. The third kappa shape index (κ3) is 8.29. The first-order valence-corrected chi connectivity index (χ1v) is 15.1. The zero-order valence-electron chi connectivity index (χ0n) is 25.5. The molecule has 0 spiro atoms. The quantitative estimate of drug-likeness (QED) is 0.237. The number of benzene rings is 2. The van der Waals surface area contributed by atoms with Crippen molar-refractivity contribution in [3.05, 3.63) is 60.2 Å². The summed E-state index contributed by atoms with van der Waals surface area (Å²) in [6.45, 7) is 4.91. The number of hydrogen-bond donors (Lipinski definition) is 4. The number of carbonyl (C=O) groups is 5. The second kappa shape index (κ2) is 14.6. The summed E-state index contributed by atoms with van der Waals surface area (Å²) in [5.41, 5.74) is 1.53. The van der Waals surface area contributed by atoms with Gasteiger partial charge in [0.15, 0.2) is 11.4 Å². The Morgan fingerprint density at radius 2 is 1.64 bits per heavy atom. The molecule has 4 N–H and O–H groups in total. The van der Waals surface area contributed by atoms with Crippen molar-refractivity contribution in [2.24, 2.45) is 5.92 Å². The van der Waals surface area contributed by atoms with Crippen molar-refractivity contribution in [3.8, 4) is 11.1 Å². The van der Waals surface area contributed by atoms with Crippen molar-refractivity contribution in [2.75, 3.05) is 26.3 Å². The van der Waals surface area contributed by atoms with E-state index in [9.17, 15) is 29.1 Å². The van der Waals surface area contributed by atoms with Crippen LogP contribution in [0.2, 0.25) is 0 Å². The predicted molar refractivity (Wildman–Crippen MR) is 163 cm³/mol. The average Bonchev–Trinajstić information content (AvgIpc) is 3.66. The molecule has 4 amide bonds. The molecule has 0 aliphatic carbocycles. The Morgan fingerprint density at radius 1 is 0.977 bits per heavy atom. The summed E-state index contributed by atoms with van der Waals surface area (Å²) >= 11 is 0. The molecule has 236 valence electrons. The van der Waals surface area contributed by atoms with Crippen molar-refractivity contribution in [1.29, 1.82) is 0 Å². The van der Waals surface area contributed by atoms with E-state index in [1.54, 1.807) is 0 Å². The second-order valence-electron chi connectivity index (χ2n) is 12.0. The summed E-state index contributed by atoms with van der Waals surface area (Å²) in [6, 6.07) is 14.8. The van der Waals surface area contributed by atoms with Gasteiger partial charge in [-0.1, -0.05) is 68.4 Å². The summed E-state index contributed by atoms with van der Waals surface area (Å²) in [5, 5.41) is 17.9. The Labute approximate surface area is 257 Å². The number of ether oxygens (including phenoxy) is 1. The van der Waals surface area contributed by atoms with Gasteiger partial charge in [0.2, 0.25) is 23.6 Å². The average molecular weight is 607 g/mol. The van der Waals surface area contributed by atoms with Crippen LogP contribution in [0.3, 0.4) is 0 Å². The molecule has 2 aliphatic rings. The lowest BCUT2D eigenvalue weighted by Gasteiger charge is -2.28. The number of nitrogens with zero attached hydrogens (tertiary/aromatic N) is 1. The SMILES string of the molecule is CC(=O)NCC(=O)N1CCC[C@H]1C(=O)N[C@@H](Cc1ccc(-c2ccccc2)cc1)C(=O)NC(CC(C)C)C(=O)[C@@]1(CO)CO1. The van der Waals surface area contributed by atoms with Crippen LogP contribution in [0.25, 0.3) is 11.1 Å². The van der Waals surface area contributed by atoms with Crippen molar-refractivity contribution < 1.29 is 33.8 Å². The monoisotopic (exact) mass is 606 g/mol. The van der Waals surface area contributed by atoms with Gasteiger partial charge in [-0.15, -0.1) is 0 Å². The first-order chi connectivity index (χ1) is 21.0. The Morgan fingerprint density at radius 3 is 2.23 bits per heavy atom. The fraction of sp³-hybridized carbons (Fsp3) is 0.485. The van der Waals surface area contributed by atoms with Crippen LogP contribution >= 0.6 is 0 Å². The van der Waals surface area contributed by atoms with E-state index in [1.807, 2.05) is 68.4 Å². The fourth-order valence-corrected chi connectivity index (χ4v) is 5.51. The van der Waals surface area contributed by atoms with Crippen LogP contribution in [0.5, 0.6) is 0 Å². The van der Waals surface area contributed by atoms with Gasteiger partial charge >= 0.3 is 0 Å². The lowest BCUT2D eigenvalue weighted by molar-refractivity contribution is -0.140. The second-order valence-corrected chi connectivity index (χ2v) is 12.0. The van der Waals surface area contributed by atoms with Crippen molar-refractivity contribution in [3.63, 3.8) is 0 Å². The van der Waals surface area contributed by atoms with Crippen LogP contribution in [-0.4, -0.2) is 89.4 Å². The van der Waals surface area contributed by atoms with Crippen molar-refractivity contribution in [2.45, 2.75) is 70.2 Å². The molecule has 0 aromatic heterocycles. The molecule has 2 heterocycles. The molecule has 0 saturated carbocycles. The zero-order chi connectivity index (χ0) is 31.9. The molecule has 4 rings (SSSR count). The Kier molecular flexibility index (Phi) is 10.9.